The SMILES string of the molecule is CC(C)CC1=CC(=Cc2ccc(Br)o2)C(=O)O1. The van der Waals surface area contributed by atoms with Crippen LogP contribution in [0.4, 0.5) is 0 Å². The summed E-state index contributed by atoms with van der Waals surface area (Å²) in [5.41, 5.74) is 0.530. The van der Waals surface area contributed by atoms with Gasteiger partial charge >= 0.3 is 5.97 Å². The molecule has 1 aromatic heterocycles. The Morgan fingerprint density at radius 2 is 2.18 bits per heavy atom. The number of hydrogen-bond donors (Lipinski definition) is 0. The number of carbonyl (C=O) groups is 1. The van der Waals surface area contributed by atoms with Crippen molar-refractivity contribution in [3.05, 3.63) is 40.0 Å². The van der Waals surface area contributed by atoms with E-state index in [9.17, 15) is 4.79 Å². The fraction of sp³-hybridized carbons (Fsp3) is 0.308. The van der Waals surface area contributed by atoms with Crippen molar-refractivity contribution in [2.75, 3.05) is 0 Å². The van der Waals surface area contributed by atoms with Gasteiger partial charge in [-0.3, -0.25) is 0 Å². The molecule has 0 fully saturated rings. The highest BCUT2D eigenvalue weighted by molar-refractivity contribution is 9.10. The van der Waals surface area contributed by atoms with Crippen molar-refractivity contribution in [3.8, 4) is 0 Å². The van der Waals surface area contributed by atoms with Gasteiger partial charge < -0.3 is 9.15 Å². The Labute approximate surface area is 108 Å². The van der Waals surface area contributed by atoms with E-state index in [0.29, 0.717) is 21.9 Å². The normalized spacial score (nSPS) is 17.8. The molecule has 3 nitrogen and oxygen atoms in total. The highest BCUT2D eigenvalue weighted by atomic mass is 79.9. The van der Waals surface area contributed by atoms with Crippen LogP contribution in [0, 0.1) is 5.92 Å². The van der Waals surface area contributed by atoms with Gasteiger partial charge in [0.1, 0.15) is 11.5 Å². The molecule has 1 aromatic rings. The fourth-order valence-corrected chi connectivity index (χ4v) is 1.92. The van der Waals surface area contributed by atoms with Crippen LogP contribution in [0.15, 0.2) is 38.6 Å². The first-order valence-corrected chi connectivity index (χ1v) is 6.23. The molecule has 0 aromatic carbocycles. The van der Waals surface area contributed by atoms with Crippen LogP contribution in [0.5, 0.6) is 0 Å². The Morgan fingerprint density at radius 1 is 1.41 bits per heavy atom. The van der Waals surface area contributed by atoms with Crippen molar-refractivity contribution in [2.24, 2.45) is 5.92 Å². The Hall–Kier alpha value is -1.29. The van der Waals surface area contributed by atoms with Crippen LogP contribution in [0.2, 0.25) is 0 Å². The summed E-state index contributed by atoms with van der Waals surface area (Å²) in [5.74, 6) is 1.51. The smallest absolute Gasteiger partial charge is 0.343 e. The first kappa shape index (κ1) is 12.2. The number of halogens is 1. The lowest BCUT2D eigenvalue weighted by Crippen LogP contribution is -1.98. The minimum absolute atomic E-state index is 0.312. The molecule has 2 rings (SSSR count). The third-order valence-electron chi connectivity index (χ3n) is 2.28. The largest absolute Gasteiger partial charge is 0.450 e. The highest BCUT2D eigenvalue weighted by Crippen LogP contribution is 2.25. The molecule has 0 saturated carbocycles. The molecule has 0 bridgehead atoms. The minimum atomic E-state index is -0.312. The Balaban J connectivity index is 2.18. The van der Waals surface area contributed by atoms with Crippen molar-refractivity contribution in [1.82, 2.24) is 0 Å². The number of cyclic esters (lactones) is 1. The van der Waals surface area contributed by atoms with E-state index >= 15 is 0 Å². The third-order valence-corrected chi connectivity index (χ3v) is 2.70. The third kappa shape index (κ3) is 3.09. The predicted octanol–water partition coefficient (Wildman–Crippen LogP) is 3.91. The number of allylic oxidation sites excluding steroid dienone is 1. The zero-order chi connectivity index (χ0) is 12.4. The van der Waals surface area contributed by atoms with E-state index in [2.05, 4.69) is 29.8 Å². The van der Waals surface area contributed by atoms with Crippen LogP contribution in [-0.2, 0) is 9.53 Å². The van der Waals surface area contributed by atoms with Crippen LogP contribution in [-0.4, -0.2) is 5.97 Å². The Kier molecular flexibility index (Phi) is 3.52. The van der Waals surface area contributed by atoms with Gasteiger partial charge in [0.05, 0.1) is 5.57 Å². The summed E-state index contributed by atoms with van der Waals surface area (Å²) in [5, 5.41) is 0. The van der Waals surface area contributed by atoms with E-state index in [1.54, 1.807) is 24.3 Å². The molecular weight excluding hydrogens is 284 g/mol. The monoisotopic (exact) mass is 296 g/mol. The van der Waals surface area contributed by atoms with Crippen molar-refractivity contribution >= 4 is 28.0 Å². The van der Waals surface area contributed by atoms with Crippen LogP contribution in [0.3, 0.4) is 0 Å². The summed E-state index contributed by atoms with van der Waals surface area (Å²) < 4.78 is 11.1. The first-order valence-electron chi connectivity index (χ1n) is 5.44. The van der Waals surface area contributed by atoms with Crippen molar-refractivity contribution in [1.29, 1.82) is 0 Å². The molecule has 0 radical (unpaired) electrons. The molecule has 0 aliphatic carbocycles. The van der Waals surface area contributed by atoms with Gasteiger partial charge in [-0.25, -0.2) is 4.79 Å². The zero-order valence-electron chi connectivity index (χ0n) is 9.70. The maximum atomic E-state index is 11.6. The molecule has 0 amide bonds. The molecule has 0 spiro atoms. The maximum absolute atomic E-state index is 11.6. The van der Waals surface area contributed by atoms with Gasteiger partial charge in [0.2, 0.25) is 0 Å². The summed E-state index contributed by atoms with van der Waals surface area (Å²) in [7, 11) is 0. The summed E-state index contributed by atoms with van der Waals surface area (Å²) >= 11 is 3.21. The molecule has 90 valence electrons. The summed E-state index contributed by atoms with van der Waals surface area (Å²) in [6.07, 6.45) is 4.23. The van der Waals surface area contributed by atoms with Gasteiger partial charge in [0.15, 0.2) is 4.67 Å². The van der Waals surface area contributed by atoms with E-state index in [0.717, 1.165) is 12.2 Å². The quantitative estimate of drug-likeness (QED) is 0.627. The molecule has 0 saturated heterocycles. The number of ether oxygens (including phenoxy) is 1. The number of rotatable bonds is 3. The fourth-order valence-electron chi connectivity index (χ4n) is 1.60. The van der Waals surface area contributed by atoms with Crippen LogP contribution >= 0.6 is 15.9 Å². The summed E-state index contributed by atoms with van der Waals surface area (Å²) in [4.78, 5) is 11.6. The predicted molar refractivity (Wildman–Crippen MR) is 68.0 cm³/mol. The first-order chi connectivity index (χ1) is 8.04. The van der Waals surface area contributed by atoms with E-state index in [4.69, 9.17) is 9.15 Å². The standard InChI is InChI=1S/C13H13BrO3/c1-8(2)5-11-7-9(13(15)17-11)6-10-3-4-12(14)16-10/h3-4,6-8H,5H2,1-2H3. The Morgan fingerprint density at radius 3 is 2.76 bits per heavy atom. The number of esters is 1. The van der Waals surface area contributed by atoms with Crippen molar-refractivity contribution < 1.29 is 13.9 Å². The van der Waals surface area contributed by atoms with Crippen LogP contribution in [0.1, 0.15) is 26.0 Å². The Bertz CT molecular complexity index is 495. The van der Waals surface area contributed by atoms with Crippen LogP contribution in [0.25, 0.3) is 6.08 Å². The number of carbonyl (C=O) groups excluding carboxylic acids is 1. The molecule has 17 heavy (non-hydrogen) atoms. The van der Waals surface area contributed by atoms with Gasteiger partial charge in [-0.15, -0.1) is 0 Å². The molecular formula is C13H13BrO3. The maximum Gasteiger partial charge on any atom is 0.343 e. The molecule has 0 atom stereocenters. The molecule has 1 aliphatic heterocycles. The molecule has 1 aliphatic rings. The molecule has 0 N–H and O–H groups in total. The molecule has 4 heteroatoms. The van der Waals surface area contributed by atoms with Crippen LogP contribution < -0.4 is 0 Å². The lowest BCUT2D eigenvalue weighted by atomic mass is 10.1. The van der Waals surface area contributed by atoms with Gasteiger partial charge in [-0.05, 0) is 46.1 Å². The van der Waals surface area contributed by atoms with Gasteiger partial charge in [-0.2, -0.15) is 0 Å². The lowest BCUT2D eigenvalue weighted by molar-refractivity contribution is -0.133. The van der Waals surface area contributed by atoms with Gasteiger partial charge in [0.25, 0.3) is 0 Å². The average Bonchev–Trinajstić information content (AvgIpc) is 2.74. The molecule has 0 unspecified atom stereocenters. The van der Waals surface area contributed by atoms with E-state index in [1.807, 2.05) is 0 Å². The minimum Gasteiger partial charge on any atom is -0.450 e. The van der Waals surface area contributed by atoms with Crippen molar-refractivity contribution in [2.45, 2.75) is 20.3 Å². The summed E-state index contributed by atoms with van der Waals surface area (Å²) in [6, 6.07) is 3.57. The van der Waals surface area contributed by atoms with E-state index < -0.39 is 0 Å². The van der Waals surface area contributed by atoms with Gasteiger partial charge in [-0.1, -0.05) is 13.8 Å². The van der Waals surface area contributed by atoms with E-state index in [-0.39, 0.29) is 5.97 Å². The topological polar surface area (TPSA) is 39.4 Å². The number of hydrogen-bond acceptors (Lipinski definition) is 3. The van der Waals surface area contributed by atoms with Gasteiger partial charge in [0, 0.05) is 6.42 Å². The second-order valence-corrected chi connectivity index (χ2v) is 5.12. The second-order valence-electron chi connectivity index (χ2n) is 4.34. The van der Waals surface area contributed by atoms with E-state index in [1.165, 1.54) is 0 Å². The molecule has 2 heterocycles. The number of furan rings is 1. The zero-order valence-corrected chi connectivity index (χ0v) is 11.3. The highest BCUT2D eigenvalue weighted by Gasteiger charge is 2.21. The van der Waals surface area contributed by atoms with Crippen molar-refractivity contribution in [3.63, 3.8) is 0 Å². The second kappa shape index (κ2) is 4.92. The summed E-state index contributed by atoms with van der Waals surface area (Å²) in [6.45, 7) is 4.17. The lowest BCUT2D eigenvalue weighted by Gasteiger charge is -2.03. The average molecular weight is 297 g/mol.